The Hall–Kier alpha value is -1.47. The van der Waals surface area contributed by atoms with E-state index in [0.717, 1.165) is 23.2 Å². The smallest absolute Gasteiger partial charge is 0.264 e. The molecule has 2 aromatic heterocycles. The lowest BCUT2D eigenvalue weighted by atomic mass is 9.97. The molecule has 0 bridgehead atoms. The molecule has 0 radical (unpaired) electrons. The molecule has 104 valence electrons. The van der Waals surface area contributed by atoms with E-state index in [9.17, 15) is 8.42 Å². The topological polar surface area (TPSA) is 84.6 Å². The summed E-state index contributed by atoms with van der Waals surface area (Å²) in [6.07, 6.45) is 4.80. The minimum Gasteiger partial charge on any atom is -0.289 e. The number of hydrogen-bond acceptors (Lipinski definition) is 4. The normalized spacial score (nSPS) is 13.8. The molecule has 0 aliphatic rings. The summed E-state index contributed by atoms with van der Waals surface area (Å²) in [6, 6.07) is 1.96. The first-order valence-electron chi connectivity index (χ1n) is 6.09. The predicted molar refractivity (Wildman–Crippen MR) is 71.6 cm³/mol. The van der Waals surface area contributed by atoms with Crippen LogP contribution in [0.3, 0.4) is 0 Å². The molecule has 7 heteroatoms. The monoisotopic (exact) mass is 283 g/mol. The van der Waals surface area contributed by atoms with Crippen molar-refractivity contribution in [1.29, 1.82) is 0 Å². The van der Waals surface area contributed by atoms with Crippen LogP contribution in [-0.4, -0.2) is 33.3 Å². The van der Waals surface area contributed by atoms with Crippen LogP contribution < -0.4 is 0 Å². The van der Waals surface area contributed by atoms with Crippen LogP contribution in [0.25, 0.3) is 5.65 Å². The fourth-order valence-corrected chi connectivity index (χ4v) is 2.76. The van der Waals surface area contributed by atoms with E-state index in [1.165, 1.54) is 0 Å². The Morgan fingerprint density at radius 2 is 2.21 bits per heavy atom. The van der Waals surface area contributed by atoms with Gasteiger partial charge < -0.3 is 0 Å². The van der Waals surface area contributed by atoms with Crippen molar-refractivity contribution in [2.45, 2.75) is 26.7 Å². The Balaban J connectivity index is 2.09. The molecule has 0 fully saturated rings. The zero-order valence-corrected chi connectivity index (χ0v) is 11.8. The van der Waals surface area contributed by atoms with E-state index in [1.54, 1.807) is 6.33 Å². The van der Waals surface area contributed by atoms with Gasteiger partial charge in [-0.2, -0.15) is 8.42 Å². The zero-order valence-electron chi connectivity index (χ0n) is 10.9. The van der Waals surface area contributed by atoms with Crippen molar-refractivity contribution in [1.82, 2.24) is 14.6 Å². The molecule has 0 amide bonds. The summed E-state index contributed by atoms with van der Waals surface area (Å²) in [5, 5.41) is 7.82. The SMILES string of the molecule is Cc1cn2cnnc2cc1C[C@@H](C)CCS(=O)(=O)O. The fraction of sp³-hybridized carbons (Fsp3) is 0.500. The molecule has 0 aromatic carbocycles. The molecular formula is C12H17N3O3S. The molecule has 2 heterocycles. The van der Waals surface area contributed by atoms with Crippen LogP contribution >= 0.6 is 0 Å². The van der Waals surface area contributed by atoms with Gasteiger partial charge in [0.15, 0.2) is 5.65 Å². The van der Waals surface area contributed by atoms with Gasteiger partial charge in [-0.25, -0.2) is 0 Å². The summed E-state index contributed by atoms with van der Waals surface area (Å²) in [6.45, 7) is 3.98. The van der Waals surface area contributed by atoms with Crippen molar-refractivity contribution in [3.8, 4) is 0 Å². The molecule has 1 atom stereocenters. The summed E-state index contributed by atoms with van der Waals surface area (Å²) < 4.78 is 32.1. The first-order valence-corrected chi connectivity index (χ1v) is 7.70. The molecule has 0 aliphatic carbocycles. The Morgan fingerprint density at radius 1 is 1.47 bits per heavy atom. The van der Waals surface area contributed by atoms with E-state index >= 15 is 0 Å². The Bertz CT molecular complexity index is 679. The molecule has 0 unspecified atom stereocenters. The summed E-state index contributed by atoms with van der Waals surface area (Å²) in [5.41, 5.74) is 3.02. The highest BCUT2D eigenvalue weighted by Crippen LogP contribution is 2.17. The van der Waals surface area contributed by atoms with Gasteiger partial charge >= 0.3 is 0 Å². The summed E-state index contributed by atoms with van der Waals surface area (Å²) in [4.78, 5) is 0. The van der Waals surface area contributed by atoms with E-state index in [-0.39, 0.29) is 11.7 Å². The second kappa shape index (κ2) is 5.26. The molecule has 0 saturated heterocycles. The third-order valence-corrected chi connectivity index (χ3v) is 3.93. The maximum atomic E-state index is 10.7. The van der Waals surface area contributed by atoms with E-state index < -0.39 is 10.1 Å². The fourth-order valence-electron chi connectivity index (χ4n) is 2.06. The largest absolute Gasteiger partial charge is 0.289 e. The van der Waals surface area contributed by atoms with Crippen LogP contribution in [0.2, 0.25) is 0 Å². The number of pyridine rings is 1. The van der Waals surface area contributed by atoms with Crippen LogP contribution in [-0.2, 0) is 16.5 Å². The summed E-state index contributed by atoms with van der Waals surface area (Å²) >= 11 is 0. The van der Waals surface area contributed by atoms with Crippen molar-refractivity contribution in [2.24, 2.45) is 5.92 Å². The lowest BCUT2D eigenvalue weighted by Crippen LogP contribution is -2.10. The van der Waals surface area contributed by atoms with Gasteiger partial charge in [-0.3, -0.25) is 8.95 Å². The van der Waals surface area contributed by atoms with Crippen LogP contribution in [0, 0.1) is 12.8 Å². The highest BCUT2D eigenvalue weighted by molar-refractivity contribution is 7.85. The zero-order chi connectivity index (χ0) is 14.0. The number of nitrogens with zero attached hydrogens (tertiary/aromatic N) is 3. The molecule has 19 heavy (non-hydrogen) atoms. The second-order valence-electron chi connectivity index (χ2n) is 4.96. The van der Waals surface area contributed by atoms with Gasteiger partial charge in [0.05, 0.1) is 5.75 Å². The van der Waals surface area contributed by atoms with Crippen molar-refractivity contribution >= 4 is 15.8 Å². The second-order valence-corrected chi connectivity index (χ2v) is 6.53. The quantitative estimate of drug-likeness (QED) is 0.840. The van der Waals surface area contributed by atoms with E-state index in [4.69, 9.17) is 4.55 Å². The van der Waals surface area contributed by atoms with Gasteiger partial charge in [-0.05, 0) is 42.9 Å². The lowest BCUT2D eigenvalue weighted by molar-refractivity contribution is 0.468. The van der Waals surface area contributed by atoms with Gasteiger partial charge in [-0.1, -0.05) is 6.92 Å². The molecule has 2 aromatic rings. The average molecular weight is 283 g/mol. The molecule has 6 nitrogen and oxygen atoms in total. The minimum absolute atomic E-state index is 0.172. The number of hydrogen-bond donors (Lipinski definition) is 1. The minimum atomic E-state index is -3.87. The van der Waals surface area contributed by atoms with Crippen molar-refractivity contribution < 1.29 is 13.0 Å². The number of fused-ring (bicyclic) bond motifs is 1. The van der Waals surface area contributed by atoms with Crippen LogP contribution in [0.15, 0.2) is 18.6 Å². The van der Waals surface area contributed by atoms with Crippen molar-refractivity contribution in [3.05, 3.63) is 29.7 Å². The number of rotatable bonds is 5. The first-order chi connectivity index (χ1) is 8.85. The maximum Gasteiger partial charge on any atom is 0.264 e. The Morgan fingerprint density at radius 3 is 2.89 bits per heavy atom. The number of aryl methyl sites for hydroxylation is 1. The predicted octanol–water partition coefficient (Wildman–Crippen LogP) is 1.49. The third kappa shape index (κ3) is 3.74. The van der Waals surface area contributed by atoms with Crippen LogP contribution in [0.5, 0.6) is 0 Å². The Kier molecular flexibility index (Phi) is 3.86. The molecule has 2 rings (SSSR count). The molecule has 1 N–H and O–H groups in total. The van der Waals surface area contributed by atoms with E-state index in [1.807, 2.05) is 30.5 Å². The van der Waals surface area contributed by atoms with Gasteiger partial charge in [0, 0.05) is 6.20 Å². The summed E-state index contributed by atoms with van der Waals surface area (Å²) in [7, 11) is -3.87. The maximum absolute atomic E-state index is 10.7. The van der Waals surface area contributed by atoms with Gasteiger partial charge in [-0.15, -0.1) is 10.2 Å². The first kappa shape index (κ1) is 14.0. The average Bonchev–Trinajstić information content (AvgIpc) is 2.73. The number of aromatic nitrogens is 3. The summed E-state index contributed by atoms with van der Waals surface area (Å²) in [5.74, 6) is -0.0218. The lowest BCUT2D eigenvalue weighted by Gasteiger charge is -2.12. The van der Waals surface area contributed by atoms with Gasteiger partial charge in [0.25, 0.3) is 10.1 Å². The Labute approximate surface area is 112 Å². The standard InChI is InChI=1S/C12H17N3O3S/c1-9(3-4-19(16,17)18)5-11-6-12-14-13-8-15(12)7-10(11)2/h6-9H,3-5H2,1-2H3,(H,16,17,18)/t9-/m0/s1. The van der Waals surface area contributed by atoms with E-state index in [0.29, 0.717) is 6.42 Å². The molecule has 0 aliphatic heterocycles. The molecule has 0 saturated carbocycles. The highest BCUT2D eigenvalue weighted by atomic mass is 32.2. The van der Waals surface area contributed by atoms with Crippen molar-refractivity contribution in [3.63, 3.8) is 0 Å². The van der Waals surface area contributed by atoms with Crippen LogP contribution in [0.1, 0.15) is 24.5 Å². The van der Waals surface area contributed by atoms with Crippen molar-refractivity contribution in [2.75, 3.05) is 5.75 Å². The van der Waals surface area contributed by atoms with Crippen LogP contribution in [0.4, 0.5) is 0 Å². The van der Waals surface area contributed by atoms with Gasteiger partial charge in [0.1, 0.15) is 6.33 Å². The highest BCUT2D eigenvalue weighted by Gasteiger charge is 2.12. The van der Waals surface area contributed by atoms with Gasteiger partial charge in [0.2, 0.25) is 0 Å². The molecule has 0 spiro atoms. The molecular weight excluding hydrogens is 266 g/mol. The third-order valence-electron chi connectivity index (χ3n) is 3.18. The van der Waals surface area contributed by atoms with E-state index in [2.05, 4.69) is 10.2 Å².